The molecule has 16 heavy (non-hydrogen) atoms. The van der Waals surface area contributed by atoms with E-state index in [2.05, 4.69) is 16.4 Å². The summed E-state index contributed by atoms with van der Waals surface area (Å²) in [6, 6.07) is 2.59. The molecule has 0 saturated heterocycles. The van der Waals surface area contributed by atoms with Crippen molar-refractivity contribution in [3.8, 4) is 6.07 Å². The van der Waals surface area contributed by atoms with Crippen LogP contribution in [0.3, 0.4) is 0 Å². The van der Waals surface area contributed by atoms with Crippen LogP contribution < -0.4 is 5.32 Å². The Balaban J connectivity index is 1.93. The number of nitrogens with zero attached hydrogens (tertiary/aromatic N) is 2. The Morgan fingerprint density at radius 2 is 2.12 bits per heavy atom. The predicted octanol–water partition coefficient (Wildman–Crippen LogP) is 3.02. The Bertz CT molecular complexity index is 334. The summed E-state index contributed by atoms with van der Waals surface area (Å²) in [7, 11) is 0. The highest BCUT2D eigenvalue weighted by Crippen LogP contribution is 2.21. The molecule has 0 amide bonds. The van der Waals surface area contributed by atoms with Crippen LogP contribution in [0.15, 0.2) is 11.6 Å². The molecule has 1 saturated carbocycles. The Morgan fingerprint density at radius 1 is 1.38 bits per heavy atom. The van der Waals surface area contributed by atoms with Gasteiger partial charge in [0.15, 0.2) is 0 Å². The predicted molar refractivity (Wildman–Crippen MR) is 65.1 cm³/mol. The first-order valence-corrected chi connectivity index (χ1v) is 6.83. The molecule has 1 N–H and O–H groups in total. The molecule has 0 aliphatic heterocycles. The molecule has 3 nitrogen and oxygen atoms in total. The van der Waals surface area contributed by atoms with Gasteiger partial charge in [0, 0.05) is 17.6 Å². The Morgan fingerprint density at radius 3 is 2.69 bits per heavy atom. The van der Waals surface area contributed by atoms with Crippen molar-refractivity contribution in [2.45, 2.75) is 50.6 Å². The quantitative estimate of drug-likeness (QED) is 0.819. The minimum absolute atomic E-state index is 0.219. The number of hydrogen-bond acceptors (Lipinski definition) is 4. The molecular weight excluding hydrogens is 218 g/mol. The summed E-state index contributed by atoms with van der Waals surface area (Å²) >= 11 is 1.55. The molecule has 0 aromatic carbocycles. The molecule has 1 aromatic rings. The summed E-state index contributed by atoms with van der Waals surface area (Å²) in [5.74, 6) is 0. The van der Waals surface area contributed by atoms with Crippen LogP contribution in [-0.2, 0) is 0 Å². The van der Waals surface area contributed by atoms with Crippen molar-refractivity contribution in [1.82, 2.24) is 10.3 Å². The van der Waals surface area contributed by atoms with Crippen molar-refractivity contribution < 1.29 is 0 Å². The van der Waals surface area contributed by atoms with Crippen LogP contribution in [0, 0.1) is 11.3 Å². The molecule has 1 aliphatic carbocycles. The molecule has 0 radical (unpaired) electrons. The van der Waals surface area contributed by atoms with Gasteiger partial charge in [0.2, 0.25) is 0 Å². The number of rotatable bonds is 3. The lowest BCUT2D eigenvalue weighted by Gasteiger charge is -2.18. The molecule has 0 bridgehead atoms. The largest absolute Gasteiger partial charge is 0.293 e. The highest BCUT2D eigenvalue weighted by Gasteiger charge is 2.19. The highest BCUT2D eigenvalue weighted by atomic mass is 32.1. The van der Waals surface area contributed by atoms with Crippen molar-refractivity contribution in [1.29, 1.82) is 5.26 Å². The maximum atomic E-state index is 9.15. The highest BCUT2D eigenvalue weighted by molar-refractivity contribution is 7.09. The van der Waals surface area contributed by atoms with Crippen LogP contribution in [0.4, 0.5) is 0 Å². The lowest BCUT2D eigenvalue weighted by atomic mass is 10.1. The smallest absolute Gasteiger partial charge is 0.148 e. The van der Waals surface area contributed by atoms with E-state index in [1.165, 1.54) is 38.5 Å². The third-order valence-electron chi connectivity index (χ3n) is 3.09. The zero-order valence-electron chi connectivity index (χ0n) is 9.35. The van der Waals surface area contributed by atoms with Gasteiger partial charge in [-0.2, -0.15) is 5.26 Å². The third-order valence-corrected chi connectivity index (χ3v) is 3.93. The molecule has 2 rings (SSSR count). The van der Waals surface area contributed by atoms with Gasteiger partial charge in [-0.3, -0.25) is 5.32 Å². The molecule has 1 aliphatic rings. The second kappa shape index (κ2) is 5.97. The van der Waals surface area contributed by atoms with E-state index < -0.39 is 0 Å². The third kappa shape index (κ3) is 3.03. The van der Waals surface area contributed by atoms with E-state index >= 15 is 0 Å². The molecule has 1 heterocycles. The standard InChI is InChI=1S/C12H17N3S/c13-9-11(12-14-7-8-16-12)15-10-5-3-1-2-4-6-10/h7-8,10-11,15H,1-6H2. The molecule has 1 fully saturated rings. The number of hydrogen-bond donors (Lipinski definition) is 1. The second-order valence-corrected chi connectivity index (χ2v) is 5.21. The van der Waals surface area contributed by atoms with Gasteiger partial charge >= 0.3 is 0 Å². The van der Waals surface area contributed by atoms with Gasteiger partial charge in [-0.1, -0.05) is 25.7 Å². The number of nitriles is 1. The Kier molecular flexibility index (Phi) is 4.32. The summed E-state index contributed by atoms with van der Waals surface area (Å²) in [4.78, 5) is 4.21. The molecule has 1 atom stereocenters. The molecule has 0 spiro atoms. The van der Waals surface area contributed by atoms with Crippen LogP contribution in [-0.4, -0.2) is 11.0 Å². The number of thiazole rings is 1. The average Bonchev–Trinajstić information content (AvgIpc) is 2.71. The summed E-state index contributed by atoms with van der Waals surface area (Å²) in [5.41, 5.74) is 0. The minimum atomic E-state index is -0.219. The van der Waals surface area contributed by atoms with E-state index in [1.807, 2.05) is 5.38 Å². The van der Waals surface area contributed by atoms with Crippen molar-refractivity contribution in [2.24, 2.45) is 0 Å². The minimum Gasteiger partial charge on any atom is -0.293 e. The number of nitrogens with one attached hydrogen (secondary N) is 1. The van der Waals surface area contributed by atoms with Crippen LogP contribution in [0.5, 0.6) is 0 Å². The first kappa shape index (κ1) is 11.6. The van der Waals surface area contributed by atoms with Gasteiger partial charge < -0.3 is 0 Å². The maximum Gasteiger partial charge on any atom is 0.148 e. The fourth-order valence-electron chi connectivity index (χ4n) is 2.22. The zero-order valence-corrected chi connectivity index (χ0v) is 10.2. The summed E-state index contributed by atoms with van der Waals surface area (Å²) in [6.45, 7) is 0. The lowest BCUT2D eigenvalue weighted by Crippen LogP contribution is -2.31. The van der Waals surface area contributed by atoms with Gasteiger partial charge in [-0.05, 0) is 12.8 Å². The van der Waals surface area contributed by atoms with Gasteiger partial charge in [-0.25, -0.2) is 4.98 Å². The monoisotopic (exact) mass is 235 g/mol. The first-order chi connectivity index (χ1) is 7.90. The summed E-state index contributed by atoms with van der Waals surface area (Å²) in [5, 5.41) is 15.4. The fraction of sp³-hybridized carbons (Fsp3) is 0.667. The SMILES string of the molecule is N#CC(NC1CCCCCC1)c1nccs1. The lowest BCUT2D eigenvalue weighted by molar-refractivity contribution is 0.436. The molecule has 4 heteroatoms. The van der Waals surface area contributed by atoms with Gasteiger partial charge in [0.1, 0.15) is 11.0 Å². The van der Waals surface area contributed by atoms with Crippen molar-refractivity contribution in [3.05, 3.63) is 16.6 Å². The van der Waals surface area contributed by atoms with Gasteiger partial charge in [0.05, 0.1) is 6.07 Å². The molecule has 86 valence electrons. The van der Waals surface area contributed by atoms with Crippen LogP contribution >= 0.6 is 11.3 Å². The van der Waals surface area contributed by atoms with E-state index in [0.29, 0.717) is 6.04 Å². The second-order valence-electron chi connectivity index (χ2n) is 4.29. The summed E-state index contributed by atoms with van der Waals surface area (Å²) < 4.78 is 0. The van der Waals surface area contributed by atoms with Crippen LogP contribution in [0.25, 0.3) is 0 Å². The molecular formula is C12H17N3S. The first-order valence-electron chi connectivity index (χ1n) is 5.95. The number of aromatic nitrogens is 1. The topological polar surface area (TPSA) is 48.7 Å². The van der Waals surface area contributed by atoms with E-state index in [1.54, 1.807) is 17.5 Å². The normalized spacial score (nSPS) is 19.9. The molecule has 1 aromatic heterocycles. The zero-order chi connectivity index (χ0) is 11.2. The van der Waals surface area contributed by atoms with E-state index in [0.717, 1.165) is 5.01 Å². The summed E-state index contributed by atoms with van der Waals surface area (Å²) in [6.07, 6.45) is 9.41. The van der Waals surface area contributed by atoms with Crippen molar-refractivity contribution >= 4 is 11.3 Å². The van der Waals surface area contributed by atoms with Crippen LogP contribution in [0.2, 0.25) is 0 Å². The van der Waals surface area contributed by atoms with E-state index in [4.69, 9.17) is 5.26 Å². The van der Waals surface area contributed by atoms with E-state index in [-0.39, 0.29) is 6.04 Å². The van der Waals surface area contributed by atoms with Crippen LogP contribution in [0.1, 0.15) is 49.6 Å². The Hall–Kier alpha value is -0.920. The fourth-order valence-corrected chi connectivity index (χ4v) is 2.86. The average molecular weight is 235 g/mol. The Labute approximate surface area is 101 Å². The maximum absolute atomic E-state index is 9.15. The van der Waals surface area contributed by atoms with Crippen molar-refractivity contribution in [2.75, 3.05) is 0 Å². The van der Waals surface area contributed by atoms with Crippen molar-refractivity contribution in [3.63, 3.8) is 0 Å². The van der Waals surface area contributed by atoms with Gasteiger partial charge in [-0.15, -0.1) is 11.3 Å². The molecule has 1 unspecified atom stereocenters. The van der Waals surface area contributed by atoms with E-state index in [9.17, 15) is 0 Å². The van der Waals surface area contributed by atoms with Gasteiger partial charge in [0.25, 0.3) is 0 Å².